The van der Waals surface area contributed by atoms with Crippen molar-refractivity contribution in [2.75, 3.05) is 7.11 Å². The van der Waals surface area contributed by atoms with Gasteiger partial charge in [-0.15, -0.1) is 0 Å². The average Bonchev–Trinajstić information content (AvgIpc) is 3.11. The van der Waals surface area contributed by atoms with Crippen LogP contribution in [0.1, 0.15) is 19.2 Å². The molecule has 1 heterocycles. The Hall–Kier alpha value is -2.97. The van der Waals surface area contributed by atoms with Crippen molar-refractivity contribution in [2.45, 2.75) is 24.7 Å². The Kier molecular flexibility index (Phi) is 6.14. The highest BCUT2D eigenvalue weighted by Crippen LogP contribution is 2.34. The molecule has 0 saturated carbocycles. The van der Waals surface area contributed by atoms with Crippen LogP contribution >= 0.6 is 0 Å². The van der Waals surface area contributed by atoms with Gasteiger partial charge in [-0.05, 0) is 30.2 Å². The number of hydrogen-bond acceptors (Lipinski definition) is 6. The van der Waals surface area contributed by atoms with Crippen molar-refractivity contribution in [3.8, 4) is 22.6 Å². The molecule has 3 aromatic rings. The smallest absolute Gasteiger partial charge is 0.305 e. The van der Waals surface area contributed by atoms with Gasteiger partial charge in [0.2, 0.25) is 10.0 Å². The van der Waals surface area contributed by atoms with Crippen LogP contribution in [0.4, 0.5) is 0 Å². The van der Waals surface area contributed by atoms with Gasteiger partial charge in [0.05, 0.1) is 12.0 Å². The van der Waals surface area contributed by atoms with Crippen LogP contribution in [0.3, 0.4) is 0 Å². The summed E-state index contributed by atoms with van der Waals surface area (Å²) in [7, 11) is -2.42. The predicted molar refractivity (Wildman–Crippen MR) is 108 cm³/mol. The number of ether oxygens (including phenoxy) is 1. The van der Waals surface area contributed by atoms with Crippen LogP contribution in [0.2, 0.25) is 0 Å². The molecule has 0 spiro atoms. The predicted octanol–water partition coefficient (Wildman–Crippen LogP) is 3.40. The molecule has 0 aliphatic carbocycles. The third-order valence-electron chi connectivity index (χ3n) is 4.43. The summed E-state index contributed by atoms with van der Waals surface area (Å²) >= 11 is 0. The molecule has 1 aromatic heterocycles. The maximum absolute atomic E-state index is 11.5. The first-order valence-corrected chi connectivity index (χ1v) is 10.6. The SMILES string of the molecule is COC(=O)CC(C)Cc1nc(-c2ccccc2)c(-c2ccc(S(N)(=O)=O)cc2)o1. The molecule has 0 aliphatic heterocycles. The maximum Gasteiger partial charge on any atom is 0.305 e. The van der Waals surface area contributed by atoms with Crippen LogP contribution in [0.5, 0.6) is 0 Å². The lowest BCUT2D eigenvalue weighted by Gasteiger charge is -2.06. The third kappa shape index (κ3) is 5.10. The number of primary sulfonamides is 1. The highest BCUT2D eigenvalue weighted by molar-refractivity contribution is 7.89. The number of esters is 1. The largest absolute Gasteiger partial charge is 0.469 e. The van der Waals surface area contributed by atoms with Gasteiger partial charge in [-0.1, -0.05) is 37.3 Å². The quantitative estimate of drug-likeness (QED) is 0.593. The van der Waals surface area contributed by atoms with Gasteiger partial charge < -0.3 is 9.15 Å². The lowest BCUT2D eigenvalue weighted by molar-refractivity contribution is -0.141. The average molecular weight is 414 g/mol. The highest BCUT2D eigenvalue weighted by Gasteiger charge is 2.20. The number of nitrogens with two attached hydrogens (primary N) is 1. The molecule has 0 saturated heterocycles. The molecule has 1 unspecified atom stereocenters. The zero-order valence-electron chi connectivity index (χ0n) is 16.2. The molecule has 2 N–H and O–H groups in total. The Morgan fingerprint density at radius 2 is 1.76 bits per heavy atom. The Labute approximate surface area is 169 Å². The van der Waals surface area contributed by atoms with E-state index in [0.717, 1.165) is 5.56 Å². The Bertz CT molecular complexity index is 1090. The minimum absolute atomic E-state index is 0.0117. The van der Waals surface area contributed by atoms with Crippen LogP contribution in [-0.2, 0) is 26.0 Å². The molecule has 1 atom stereocenters. The van der Waals surface area contributed by atoms with Crippen molar-refractivity contribution < 1.29 is 22.4 Å². The molecule has 8 heteroatoms. The zero-order chi connectivity index (χ0) is 21.0. The van der Waals surface area contributed by atoms with Crippen LogP contribution in [0, 0.1) is 5.92 Å². The lowest BCUT2D eigenvalue weighted by Crippen LogP contribution is -2.11. The van der Waals surface area contributed by atoms with Gasteiger partial charge in [-0.3, -0.25) is 4.79 Å². The first-order chi connectivity index (χ1) is 13.8. The van der Waals surface area contributed by atoms with E-state index in [1.165, 1.54) is 19.2 Å². The van der Waals surface area contributed by atoms with Gasteiger partial charge in [-0.25, -0.2) is 18.5 Å². The summed E-state index contributed by atoms with van der Waals surface area (Å²) in [5.74, 6) is 0.719. The van der Waals surface area contributed by atoms with Crippen LogP contribution < -0.4 is 5.14 Å². The molecule has 3 rings (SSSR count). The number of nitrogens with zero attached hydrogens (tertiary/aromatic N) is 1. The van der Waals surface area contributed by atoms with Crippen molar-refractivity contribution in [1.82, 2.24) is 4.98 Å². The van der Waals surface area contributed by atoms with E-state index in [1.54, 1.807) is 12.1 Å². The fraction of sp³-hybridized carbons (Fsp3) is 0.238. The third-order valence-corrected chi connectivity index (χ3v) is 5.36. The number of sulfonamides is 1. The van der Waals surface area contributed by atoms with Crippen molar-refractivity contribution >= 4 is 16.0 Å². The first kappa shape index (κ1) is 20.8. The van der Waals surface area contributed by atoms with Gasteiger partial charge in [0, 0.05) is 24.0 Å². The van der Waals surface area contributed by atoms with E-state index in [1.807, 2.05) is 37.3 Å². The molecule has 0 radical (unpaired) electrons. The number of rotatable bonds is 7. The zero-order valence-corrected chi connectivity index (χ0v) is 17.0. The van der Waals surface area contributed by atoms with E-state index in [4.69, 9.17) is 14.3 Å². The summed E-state index contributed by atoms with van der Waals surface area (Å²) in [5, 5.41) is 5.18. The second-order valence-electron chi connectivity index (χ2n) is 6.81. The number of carbonyl (C=O) groups is 1. The maximum atomic E-state index is 11.5. The molecular weight excluding hydrogens is 392 g/mol. The molecule has 0 fully saturated rings. The highest BCUT2D eigenvalue weighted by atomic mass is 32.2. The summed E-state index contributed by atoms with van der Waals surface area (Å²) in [6.45, 7) is 1.92. The van der Waals surface area contributed by atoms with E-state index < -0.39 is 10.0 Å². The summed E-state index contributed by atoms with van der Waals surface area (Å²) in [6.07, 6.45) is 0.724. The number of benzene rings is 2. The second-order valence-corrected chi connectivity index (χ2v) is 8.37. The van der Waals surface area contributed by atoms with Crippen LogP contribution in [0.15, 0.2) is 63.9 Å². The van der Waals surface area contributed by atoms with Gasteiger partial charge in [0.25, 0.3) is 0 Å². The minimum atomic E-state index is -3.78. The molecule has 7 nitrogen and oxygen atoms in total. The van der Waals surface area contributed by atoms with Crippen LogP contribution in [-0.4, -0.2) is 26.5 Å². The molecule has 0 amide bonds. The summed E-state index contributed by atoms with van der Waals surface area (Å²) in [6, 6.07) is 15.7. The number of methoxy groups -OCH3 is 1. The first-order valence-electron chi connectivity index (χ1n) is 9.03. The fourth-order valence-electron chi connectivity index (χ4n) is 2.97. The number of oxazole rings is 1. The lowest BCUT2D eigenvalue weighted by atomic mass is 10.0. The summed E-state index contributed by atoms with van der Waals surface area (Å²) < 4.78 is 33.8. The van der Waals surface area contributed by atoms with E-state index in [-0.39, 0.29) is 23.2 Å². The van der Waals surface area contributed by atoms with Crippen molar-refractivity contribution in [1.29, 1.82) is 0 Å². The summed E-state index contributed by atoms with van der Waals surface area (Å²) in [4.78, 5) is 16.2. The molecule has 2 aromatic carbocycles. The normalized spacial score (nSPS) is 12.5. The monoisotopic (exact) mass is 414 g/mol. The fourth-order valence-corrected chi connectivity index (χ4v) is 3.49. The Morgan fingerprint density at radius 3 is 2.34 bits per heavy atom. The standard InChI is InChI=1S/C21H22N2O5S/c1-14(13-19(24)27-2)12-18-23-20(15-6-4-3-5-7-15)21(28-18)16-8-10-17(11-9-16)29(22,25)26/h3-11,14H,12-13H2,1-2H3,(H2,22,25,26). The molecular formula is C21H22N2O5S. The number of carbonyl (C=O) groups excluding carboxylic acids is 1. The van der Waals surface area contributed by atoms with Crippen molar-refractivity contribution in [3.63, 3.8) is 0 Å². The number of hydrogen-bond donors (Lipinski definition) is 1. The Balaban J connectivity index is 1.98. The molecule has 29 heavy (non-hydrogen) atoms. The van der Waals surface area contributed by atoms with Gasteiger partial charge >= 0.3 is 5.97 Å². The van der Waals surface area contributed by atoms with E-state index in [9.17, 15) is 13.2 Å². The van der Waals surface area contributed by atoms with Gasteiger partial charge in [0.15, 0.2) is 11.7 Å². The van der Waals surface area contributed by atoms with Gasteiger partial charge in [-0.2, -0.15) is 0 Å². The Morgan fingerprint density at radius 1 is 1.10 bits per heavy atom. The number of aromatic nitrogens is 1. The van der Waals surface area contributed by atoms with E-state index in [0.29, 0.717) is 29.3 Å². The molecule has 0 aliphatic rings. The minimum Gasteiger partial charge on any atom is -0.469 e. The van der Waals surface area contributed by atoms with E-state index >= 15 is 0 Å². The van der Waals surface area contributed by atoms with Crippen molar-refractivity contribution in [2.24, 2.45) is 11.1 Å². The summed E-state index contributed by atoms with van der Waals surface area (Å²) in [5.41, 5.74) is 2.19. The molecule has 152 valence electrons. The van der Waals surface area contributed by atoms with Crippen LogP contribution in [0.25, 0.3) is 22.6 Å². The van der Waals surface area contributed by atoms with Crippen molar-refractivity contribution in [3.05, 3.63) is 60.5 Å². The molecule has 0 bridgehead atoms. The topological polar surface area (TPSA) is 112 Å². The van der Waals surface area contributed by atoms with Gasteiger partial charge in [0.1, 0.15) is 5.69 Å². The second kappa shape index (κ2) is 8.59. The van der Waals surface area contributed by atoms with E-state index in [2.05, 4.69) is 4.98 Å².